The predicted molar refractivity (Wildman–Crippen MR) is 112 cm³/mol. The van der Waals surface area contributed by atoms with Crippen LogP contribution in [-0.4, -0.2) is 40.4 Å². The van der Waals surface area contributed by atoms with E-state index in [4.69, 9.17) is 18.9 Å². The molecule has 2 aromatic carbocycles. The Bertz CT molecular complexity index is 810. The maximum atomic E-state index is 12.6. The second kappa shape index (κ2) is 10.8. The molecule has 0 aromatic heterocycles. The fourth-order valence-corrected chi connectivity index (χ4v) is 3.22. The van der Waals surface area contributed by atoms with Gasteiger partial charge in [-0.3, -0.25) is 4.79 Å². The van der Waals surface area contributed by atoms with Crippen molar-refractivity contribution in [3.05, 3.63) is 45.9 Å². The molecule has 28 heavy (non-hydrogen) atoms. The first-order chi connectivity index (χ1) is 13.5. The van der Waals surface area contributed by atoms with Gasteiger partial charge in [-0.2, -0.15) is 0 Å². The van der Waals surface area contributed by atoms with E-state index in [1.54, 1.807) is 33.5 Å². The minimum atomic E-state index is -0.187. The van der Waals surface area contributed by atoms with Crippen molar-refractivity contribution in [2.75, 3.05) is 34.5 Å². The highest BCUT2D eigenvalue weighted by molar-refractivity contribution is 9.10. The molecule has 0 radical (unpaired) electrons. The van der Waals surface area contributed by atoms with E-state index < -0.39 is 0 Å². The van der Waals surface area contributed by atoms with E-state index >= 15 is 0 Å². The molecular formula is C21H26BrNO5. The number of carbonyl (C=O) groups is 1. The molecule has 1 N–H and O–H groups in total. The fourth-order valence-electron chi connectivity index (χ4n) is 2.67. The van der Waals surface area contributed by atoms with Crippen LogP contribution < -0.4 is 24.3 Å². The summed E-state index contributed by atoms with van der Waals surface area (Å²) in [4.78, 5) is 12.6. The van der Waals surface area contributed by atoms with E-state index in [0.717, 1.165) is 23.5 Å². The smallest absolute Gasteiger partial charge is 0.251 e. The van der Waals surface area contributed by atoms with E-state index in [1.807, 2.05) is 25.1 Å². The molecule has 0 aliphatic rings. The number of amides is 1. The second-order valence-corrected chi connectivity index (χ2v) is 6.88. The minimum Gasteiger partial charge on any atom is -0.497 e. The lowest BCUT2D eigenvalue weighted by Crippen LogP contribution is -2.26. The van der Waals surface area contributed by atoms with Crippen LogP contribution in [0.5, 0.6) is 23.0 Å². The van der Waals surface area contributed by atoms with Gasteiger partial charge in [0.25, 0.3) is 5.91 Å². The fraction of sp³-hybridized carbons (Fsp3) is 0.381. The summed E-state index contributed by atoms with van der Waals surface area (Å²) in [6, 6.07) is 9.05. The normalized spacial score (nSPS) is 10.3. The molecule has 2 rings (SSSR count). The van der Waals surface area contributed by atoms with Crippen molar-refractivity contribution in [1.29, 1.82) is 0 Å². The summed E-state index contributed by atoms with van der Waals surface area (Å²) < 4.78 is 22.4. The van der Waals surface area contributed by atoms with Crippen LogP contribution in [0.2, 0.25) is 0 Å². The third-order valence-corrected chi connectivity index (χ3v) is 4.71. The number of hydrogen-bond donors (Lipinski definition) is 1. The first-order valence-corrected chi connectivity index (χ1v) is 9.82. The molecule has 0 atom stereocenters. The highest BCUT2D eigenvalue weighted by Crippen LogP contribution is 2.36. The molecule has 0 bridgehead atoms. The average molecular weight is 452 g/mol. The van der Waals surface area contributed by atoms with Gasteiger partial charge in [0.05, 0.1) is 32.4 Å². The van der Waals surface area contributed by atoms with Crippen molar-refractivity contribution in [3.63, 3.8) is 0 Å². The lowest BCUT2D eigenvalue weighted by Gasteiger charge is -2.14. The van der Waals surface area contributed by atoms with Crippen LogP contribution in [0.25, 0.3) is 0 Å². The molecule has 1 amide bonds. The Morgan fingerprint density at radius 2 is 1.79 bits per heavy atom. The summed E-state index contributed by atoms with van der Waals surface area (Å²) in [7, 11) is 4.78. The van der Waals surface area contributed by atoms with Gasteiger partial charge >= 0.3 is 0 Å². The molecule has 7 heteroatoms. The number of nitrogens with one attached hydrogen (secondary N) is 1. The van der Waals surface area contributed by atoms with Gasteiger partial charge in [0.1, 0.15) is 11.5 Å². The Morgan fingerprint density at radius 1 is 1.04 bits per heavy atom. The first kappa shape index (κ1) is 21.9. The van der Waals surface area contributed by atoms with Crippen molar-refractivity contribution >= 4 is 21.8 Å². The summed E-state index contributed by atoms with van der Waals surface area (Å²) in [5.41, 5.74) is 1.49. The van der Waals surface area contributed by atoms with Crippen LogP contribution in [0.15, 0.2) is 34.8 Å². The van der Waals surface area contributed by atoms with Crippen LogP contribution in [0, 0.1) is 0 Å². The number of benzene rings is 2. The van der Waals surface area contributed by atoms with E-state index in [9.17, 15) is 4.79 Å². The molecule has 0 aliphatic carbocycles. The zero-order chi connectivity index (χ0) is 20.5. The van der Waals surface area contributed by atoms with Crippen molar-refractivity contribution < 1.29 is 23.7 Å². The highest BCUT2D eigenvalue weighted by Gasteiger charge is 2.15. The maximum absolute atomic E-state index is 12.6. The number of rotatable bonds is 10. The third kappa shape index (κ3) is 5.55. The number of ether oxygens (including phenoxy) is 4. The van der Waals surface area contributed by atoms with Gasteiger partial charge in [-0.1, -0.05) is 13.0 Å². The van der Waals surface area contributed by atoms with Crippen LogP contribution in [0.4, 0.5) is 0 Å². The zero-order valence-electron chi connectivity index (χ0n) is 16.6. The summed E-state index contributed by atoms with van der Waals surface area (Å²) in [6.45, 7) is 3.07. The summed E-state index contributed by atoms with van der Waals surface area (Å²) >= 11 is 3.46. The Kier molecular flexibility index (Phi) is 8.44. The van der Waals surface area contributed by atoms with Gasteiger partial charge in [-0.25, -0.2) is 0 Å². The van der Waals surface area contributed by atoms with E-state index in [1.165, 1.54) is 0 Å². The van der Waals surface area contributed by atoms with Crippen molar-refractivity contribution in [2.24, 2.45) is 0 Å². The largest absolute Gasteiger partial charge is 0.497 e. The SMILES string of the molecule is CCCOc1c(Br)cc(C(=O)NCCc2ccc(OC)cc2OC)cc1OC. The molecule has 0 unspecified atom stereocenters. The molecule has 0 saturated carbocycles. The van der Waals surface area contributed by atoms with Crippen LogP contribution >= 0.6 is 15.9 Å². The van der Waals surface area contributed by atoms with E-state index in [-0.39, 0.29) is 5.91 Å². The van der Waals surface area contributed by atoms with Crippen molar-refractivity contribution in [1.82, 2.24) is 5.32 Å². The Balaban J connectivity index is 2.04. The van der Waals surface area contributed by atoms with Gasteiger partial charge in [-0.15, -0.1) is 0 Å². The second-order valence-electron chi connectivity index (χ2n) is 6.02. The molecule has 6 nitrogen and oxygen atoms in total. The zero-order valence-corrected chi connectivity index (χ0v) is 18.2. The monoisotopic (exact) mass is 451 g/mol. The van der Waals surface area contributed by atoms with Gasteiger partial charge in [0, 0.05) is 18.2 Å². The maximum Gasteiger partial charge on any atom is 0.251 e. The molecule has 0 spiro atoms. The predicted octanol–water partition coefficient (Wildman–Crippen LogP) is 4.24. The van der Waals surface area contributed by atoms with Gasteiger partial charge in [0.2, 0.25) is 0 Å². The van der Waals surface area contributed by atoms with Gasteiger partial charge in [-0.05, 0) is 52.5 Å². The molecule has 0 fully saturated rings. The average Bonchev–Trinajstić information content (AvgIpc) is 2.72. The molecule has 152 valence electrons. The van der Waals surface area contributed by atoms with E-state index in [2.05, 4.69) is 21.2 Å². The minimum absolute atomic E-state index is 0.187. The number of methoxy groups -OCH3 is 3. The molecule has 0 aliphatic heterocycles. The standard InChI is InChI=1S/C21H26BrNO5/c1-5-10-28-20-17(22)11-15(12-19(20)27-4)21(24)23-9-8-14-6-7-16(25-2)13-18(14)26-3/h6-7,11-13H,5,8-10H2,1-4H3,(H,23,24). The summed E-state index contributed by atoms with van der Waals surface area (Å²) in [5.74, 6) is 2.39. The quantitative estimate of drug-likeness (QED) is 0.585. The van der Waals surface area contributed by atoms with E-state index in [0.29, 0.717) is 41.1 Å². The van der Waals surface area contributed by atoms with Gasteiger partial charge < -0.3 is 24.3 Å². The third-order valence-electron chi connectivity index (χ3n) is 4.12. The summed E-state index contributed by atoms with van der Waals surface area (Å²) in [6.07, 6.45) is 1.52. The number of halogens is 1. The van der Waals surface area contributed by atoms with Crippen LogP contribution in [0.1, 0.15) is 29.3 Å². The molecular weight excluding hydrogens is 426 g/mol. The number of hydrogen-bond acceptors (Lipinski definition) is 5. The Hall–Kier alpha value is -2.41. The van der Waals surface area contributed by atoms with Gasteiger partial charge in [0.15, 0.2) is 11.5 Å². The topological polar surface area (TPSA) is 66.0 Å². The molecule has 0 heterocycles. The first-order valence-electron chi connectivity index (χ1n) is 9.03. The summed E-state index contributed by atoms with van der Waals surface area (Å²) in [5, 5.41) is 2.93. The lowest BCUT2D eigenvalue weighted by atomic mass is 10.1. The Morgan fingerprint density at radius 3 is 2.43 bits per heavy atom. The van der Waals surface area contributed by atoms with Crippen LogP contribution in [-0.2, 0) is 6.42 Å². The van der Waals surface area contributed by atoms with Crippen molar-refractivity contribution in [3.8, 4) is 23.0 Å². The number of carbonyl (C=O) groups excluding carboxylic acids is 1. The molecule has 2 aromatic rings. The Labute approximate surface area is 174 Å². The van der Waals surface area contributed by atoms with Crippen LogP contribution in [0.3, 0.4) is 0 Å². The highest BCUT2D eigenvalue weighted by atomic mass is 79.9. The molecule has 0 saturated heterocycles. The van der Waals surface area contributed by atoms with Crippen molar-refractivity contribution in [2.45, 2.75) is 19.8 Å². The lowest BCUT2D eigenvalue weighted by molar-refractivity contribution is 0.0953.